The number of methoxy groups -OCH3 is 1. The predicted octanol–water partition coefficient (Wildman–Crippen LogP) is 8.41. The molecule has 3 aromatic carbocycles. The quantitative estimate of drug-likeness (QED) is 0.279. The van der Waals surface area contributed by atoms with E-state index in [0.717, 1.165) is 35.8 Å². The van der Waals surface area contributed by atoms with Crippen LogP contribution < -0.4 is 9.47 Å². The van der Waals surface area contributed by atoms with Crippen LogP contribution in [0.25, 0.3) is 5.57 Å². The lowest BCUT2D eigenvalue weighted by atomic mass is 10.0. The number of allylic oxidation sites excluding steroid dienone is 6. The Balaban J connectivity index is 0.00000121. The minimum atomic E-state index is -0.250. The highest BCUT2D eigenvalue weighted by molar-refractivity contribution is 7.99. The van der Waals surface area contributed by atoms with Crippen LogP contribution in [-0.2, 0) is 11.2 Å². The number of benzene rings is 3. The van der Waals surface area contributed by atoms with Crippen LogP contribution >= 0.6 is 23.4 Å². The average Bonchev–Trinajstić information content (AvgIpc) is 3.14. The molecule has 0 amide bonds. The van der Waals surface area contributed by atoms with Crippen molar-refractivity contribution >= 4 is 35.4 Å². The van der Waals surface area contributed by atoms with Crippen molar-refractivity contribution in [1.82, 2.24) is 0 Å². The third-order valence-electron chi connectivity index (χ3n) is 5.64. The van der Waals surface area contributed by atoms with Crippen molar-refractivity contribution in [3.63, 3.8) is 0 Å². The van der Waals surface area contributed by atoms with Gasteiger partial charge in [-0.3, -0.25) is 4.79 Å². The van der Waals surface area contributed by atoms with E-state index in [9.17, 15) is 0 Å². The average molecular weight is 535 g/mol. The van der Waals surface area contributed by atoms with Gasteiger partial charge in [-0.05, 0) is 91.1 Å². The van der Waals surface area contributed by atoms with E-state index >= 15 is 0 Å². The topological polar surface area (TPSA) is 55.8 Å². The van der Waals surface area contributed by atoms with Gasteiger partial charge in [0.25, 0.3) is 6.47 Å². The Kier molecular flexibility index (Phi) is 11.4. The number of hydrogen-bond donors (Lipinski definition) is 1. The molecule has 0 saturated carbocycles. The number of hydrogen-bond acceptors (Lipinski definition) is 4. The summed E-state index contributed by atoms with van der Waals surface area (Å²) < 4.78 is 11.4. The SMILES string of the molecule is COc1ccc(Sc2ccc(OC(C)CCc3ccc(C4=CC=C(Cl)CC=C4)cc3)cc2)cc1.O=CO. The van der Waals surface area contributed by atoms with Gasteiger partial charge in [-0.1, -0.05) is 65.9 Å². The Morgan fingerprint density at radius 3 is 2.14 bits per heavy atom. The number of halogens is 1. The summed E-state index contributed by atoms with van der Waals surface area (Å²) in [4.78, 5) is 10.7. The van der Waals surface area contributed by atoms with Gasteiger partial charge in [-0.15, -0.1) is 0 Å². The first-order chi connectivity index (χ1) is 18.0. The molecule has 0 aliphatic heterocycles. The van der Waals surface area contributed by atoms with Crippen molar-refractivity contribution in [2.45, 2.75) is 42.1 Å². The maximum Gasteiger partial charge on any atom is 0.290 e. The van der Waals surface area contributed by atoms with E-state index in [0.29, 0.717) is 0 Å². The molecule has 0 saturated heterocycles. The zero-order valence-electron chi connectivity index (χ0n) is 21.0. The molecule has 1 N–H and O–H groups in total. The Morgan fingerprint density at radius 2 is 1.54 bits per heavy atom. The van der Waals surface area contributed by atoms with Crippen LogP contribution in [0.2, 0.25) is 0 Å². The molecular weight excluding hydrogens is 504 g/mol. The Bertz CT molecular complexity index is 1210. The van der Waals surface area contributed by atoms with Crippen LogP contribution in [0.4, 0.5) is 0 Å². The van der Waals surface area contributed by atoms with Crippen molar-refractivity contribution in [2.75, 3.05) is 7.11 Å². The first-order valence-corrected chi connectivity index (χ1v) is 13.2. The summed E-state index contributed by atoms with van der Waals surface area (Å²) in [7, 11) is 1.68. The van der Waals surface area contributed by atoms with Crippen molar-refractivity contribution in [3.05, 3.63) is 113 Å². The molecule has 0 radical (unpaired) electrons. The second-order valence-corrected chi connectivity index (χ2v) is 9.99. The molecule has 0 fully saturated rings. The maximum absolute atomic E-state index is 8.36. The fraction of sp³-hybridized carbons (Fsp3) is 0.194. The lowest BCUT2D eigenvalue weighted by Gasteiger charge is -2.15. The third kappa shape index (κ3) is 9.52. The standard InChI is InChI=1S/C30H29ClO2S.CH2O2/c1-22(6-7-23-8-10-25(11-9-23)24-4-3-5-26(31)13-12-24)33-28-16-20-30(21-17-28)34-29-18-14-27(32-2)15-19-29;2-1-3/h3-4,8-22H,5-7H2,1-2H3;1H,(H,2,3). The van der Waals surface area contributed by atoms with Gasteiger partial charge < -0.3 is 14.6 Å². The van der Waals surface area contributed by atoms with Gasteiger partial charge in [0.2, 0.25) is 0 Å². The number of ether oxygens (including phenoxy) is 2. The van der Waals surface area contributed by atoms with Crippen LogP contribution in [0, 0.1) is 0 Å². The van der Waals surface area contributed by atoms with E-state index < -0.39 is 0 Å². The van der Waals surface area contributed by atoms with E-state index in [-0.39, 0.29) is 12.6 Å². The summed E-state index contributed by atoms with van der Waals surface area (Å²) in [6.07, 6.45) is 11.2. The Morgan fingerprint density at radius 1 is 0.946 bits per heavy atom. The zero-order valence-corrected chi connectivity index (χ0v) is 22.5. The molecule has 0 bridgehead atoms. The summed E-state index contributed by atoms with van der Waals surface area (Å²) >= 11 is 7.85. The smallest absolute Gasteiger partial charge is 0.290 e. The van der Waals surface area contributed by atoms with E-state index in [1.807, 2.05) is 30.3 Å². The van der Waals surface area contributed by atoms with Crippen LogP contribution in [0.3, 0.4) is 0 Å². The first kappa shape index (κ1) is 28.2. The third-order valence-corrected chi connectivity index (χ3v) is 6.93. The fourth-order valence-electron chi connectivity index (χ4n) is 3.69. The molecule has 37 heavy (non-hydrogen) atoms. The molecular formula is C31H31ClO4S. The molecule has 6 heteroatoms. The van der Waals surface area contributed by atoms with E-state index in [1.54, 1.807) is 18.9 Å². The van der Waals surface area contributed by atoms with E-state index in [2.05, 4.69) is 73.7 Å². The highest BCUT2D eigenvalue weighted by atomic mass is 35.5. The first-order valence-electron chi connectivity index (χ1n) is 12.0. The fourth-order valence-corrected chi connectivity index (χ4v) is 4.65. The molecule has 1 aliphatic carbocycles. The van der Waals surface area contributed by atoms with Crippen molar-refractivity contribution < 1.29 is 19.4 Å². The van der Waals surface area contributed by atoms with Gasteiger partial charge in [-0.25, -0.2) is 0 Å². The lowest BCUT2D eigenvalue weighted by Crippen LogP contribution is -2.12. The molecule has 192 valence electrons. The molecule has 1 atom stereocenters. The van der Waals surface area contributed by atoms with Gasteiger partial charge in [-0.2, -0.15) is 0 Å². The second-order valence-electron chi connectivity index (χ2n) is 8.36. The van der Waals surface area contributed by atoms with E-state index in [1.165, 1.54) is 26.5 Å². The van der Waals surface area contributed by atoms with Gasteiger partial charge >= 0.3 is 0 Å². The van der Waals surface area contributed by atoms with Crippen LogP contribution in [-0.4, -0.2) is 24.8 Å². The normalized spacial score (nSPS) is 13.3. The molecule has 0 aromatic heterocycles. The molecule has 0 spiro atoms. The minimum absolute atomic E-state index is 0.138. The zero-order chi connectivity index (χ0) is 26.5. The van der Waals surface area contributed by atoms with E-state index in [4.69, 9.17) is 31.0 Å². The summed E-state index contributed by atoms with van der Waals surface area (Å²) in [5, 5.41) is 7.75. The molecule has 3 aromatic rings. The molecule has 1 aliphatic rings. The lowest BCUT2D eigenvalue weighted by molar-refractivity contribution is -0.122. The number of aryl methyl sites for hydroxylation is 1. The van der Waals surface area contributed by atoms with Crippen molar-refractivity contribution in [1.29, 1.82) is 0 Å². The second kappa shape index (κ2) is 15.0. The number of carbonyl (C=O) groups is 1. The van der Waals surface area contributed by atoms with Crippen LogP contribution in [0.5, 0.6) is 11.5 Å². The monoisotopic (exact) mass is 534 g/mol. The Hall–Kier alpha value is -3.41. The van der Waals surface area contributed by atoms with Crippen molar-refractivity contribution in [3.8, 4) is 11.5 Å². The van der Waals surface area contributed by atoms with Gasteiger partial charge in [0, 0.05) is 21.2 Å². The minimum Gasteiger partial charge on any atom is -0.497 e. The van der Waals surface area contributed by atoms with Crippen LogP contribution in [0.15, 0.2) is 112 Å². The summed E-state index contributed by atoms with van der Waals surface area (Å²) in [6.45, 7) is 1.88. The van der Waals surface area contributed by atoms with Crippen LogP contribution in [0.1, 0.15) is 30.9 Å². The molecule has 4 nitrogen and oxygen atoms in total. The maximum atomic E-state index is 8.36. The van der Waals surface area contributed by atoms with Gasteiger partial charge in [0.05, 0.1) is 13.2 Å². The largest absolute Gasteiger partial charge is 0.497 e. The summed E-state index contributed by atoms with van der Waals surface area (Å²) in [6, 6.07) is 25.2. The highest BCUT2D eigenvalue weighted by Crippen LogP contribution is 2.30. The van der Waals surface area contributed by atoms with Gasteiger partial charge in [0.15, 0.2) is 0 Å². The summed E-state index contributed by atoms with van der Waals surface area (Å²) in [5.74, 6) is 1.77. The molecule has 0 heterocycles. The Labute approximate surface area is 228 Å². The highest BCUT2D eigenvalue weighted by Gasteiger charge is 2.07. The number of rotatable bonds is 9. The summed E-state index contributed by atoms with van der Waals surface area (Å²) in [5.41, 5.74) is 3.71. The molecule has 1 unspecified atom stereocenters. The molecule has 4 rings (SSSR count). The number of carboxylic acid groups (broad SMARTS) is 1. The van der Waals surface area contributed by atoms with Crippen molar-refractivity contribution in [2.24, 2.45) is 0 Å². The predicted molar refractivity (Wildman–Crippen MR) is 153 cm³/mol. The van der Waals surface area contributed by atoms with Gasteiger partial charge in [0.1, 0.15) is 11.5 Å².